The van der Waals surface area contributed by atoms with Crippen LogP contribution >= 0.6 is 0 Å². The predicted octanol–water partition coefficient (Wildman–Crippen LogP) is 1.18. The lowest BCUT2D eigenvalue weighted by Gasteiger charge is -2.32. The molecule has 2 rings (SSSR count). The number of rotatable bonds is 5. The third-order valence-electron chi connectivity index (χ3n) is 3.78. The largest absolute Gasteiger partial charge is 0.445 e. The lowest BCUT2D eigenvalue weighted by atomic mass is 10.1. The fraction of sp³-hybridized carbons (Fsp3) is 0.533. The van der Waals surface area contributed by atoms with Crippen LogP contribution in [0.4, 0.5) is 4.79 Å². The van der Waals surface area contributed by atoms with Gasteiger partial charge in [-0.2, -0.15) is 17.0 Å². The molecule has 0 radical (unpaired) electrons. The summed E-state index contributed by atoms with van der Waals surface area (Å²) in [5.74, 6) is 0. The second kappa shape index (κ2) is 7.76. The van der Waals surface area contributed by atoms with Gasteiger partial charge in [-0.25, -0.2) is 4.79 Å². The van der Waals surface area contributed by atoms with Gasteiger partial charge in [-0.1, -0.05) is 30.3 Å². The molecule has 0 saturated carbocycles. The van der Waals surface area contributed by atoms with Gasteiger partial charge in [0.1, 0.15) is 6.61 Å². The van der Waals surface area contributed by atoms with Crippen molar-refractivity contribution in [2.75, 3.05) is 27.2 Å². The molecule has 1 aromatic rings. The second-order valence-corrected chi connectivity index (χ2v) is 7.81. The van der Waals surface area contributed by atoms with E-state index in [0.717, 1.165) is 5.56 Å². The van der Waals surface area contributed by atoms with Crippen LogP contribution in [0, 0.1) is 0 Å². The molecule has 0 unspecified atom stereocenters. The number of benzene rings is 1. The summed E-state index contributed by atoms with van der Waals surface area (Å²) in [6.45, 7) is 1.01. The minimum Gasteiger partial charge on any atom is -0.445 e. The van der Waals surface area contributed by atoms with Crippen molar-refractivity contribution in [3.05, 3.63) is 35.9 Å². The van der Waals surface area contributed by atoms with Crippen LogP contribution < -0.4 is 5.32 Å². The molecular formula is C15H23N3O4S. The number of hydrogen-bond donors (Lipinski definition) is 1. The molecule has 0 bridgehead atoms. The van der Waals surface area contributed by atoms with Gasteiger partial charge in [-0.15, -0.1) is 0 Å². The van der Waals surface area contributed by atoms with Crippen molar-refractivity contribution >= 4 is 16.3 Å². The topological polar surface area (TPSA) is 79.0 Å². The van der Waals surface area contributed by atoms with Crippen molar-refractivity contribution in [3.8, 4) is 0 Å². The molecule has 1 aliphatic heterocycles. The van der Waals surface area contributed by atoms with E-state index in [1.165, 1.54) is 22.7 Å². The molecule has 0 aliphatic carbocycles. The highest BCUT2D eigenvalue weighted by Gasteiger charge is 2.30. The van der Waals surface area contributed by atoms with E-state index in [4.69, 9.17) is 4.74 Å². The zero-order valence-electron chi connectivity index (χ0n) is 13.4. The molecule has 7 nitrogen and oxygen atoms in total. The highest BCUT2D eigenvalue weighted by molar-refractivity contribution is 7.86. The Balaban J connectivity index is 1.75. The predicted molar refractivity (Wildman–Crippen MR) is 87.0 cm³/mol. The third-order valence-corrected chi connectivity index (χ3v) is 5.72. The minimum absolute atomic E-state index is 0.0631. The number of nitrogens with zero attached hydrogens (tertiary/aromatic N) is 2. The number of nitrogens with one attached hydrogen (secondary N) is 1. The van der Waals surface area contributed by atoms with Crippen molar-refractivity contribution in [2.24, 2.45) is 0 Å². The van der Waals surface area contributed by atoms with Gasteiger partial charge in [-0.3, -0.25) is 0 Å². The van der Waals surface area contributed by atoms with Gasteiger partial charge >= 0.3 is 6.09 Å². The van der Waals surface area contributed by atoms with E-state index < -0.39 is 16.3 Å². The molecule has 1 N–H and O–H groups in total. The Morgan fingerprint density at radius 2 is 1.87 bits per heavy atom. The molecule has 1 heterocycles. The first-order valence-electron chi connectivity index (χ1n) is 7.54. The monoisotopic (exact) mass is 341 g/mol. The summed E-state index contributed by atoms with van der Waals surface area (Å²) in [6.07, 6.45) is 0.684. The molecule has 0 aromatic heterocycles. The summed E-state index contributed by atoms with van der Waals surface area (Å²) in [7, 11) is -0.346. The van der Waals surface area contributed by atoms with Gasteiger partial charge in [-0.05, 0) is 18.4 Å². The third kappa shape index (κ3) is 4.92. The first-order chi connectivity index (χ1) is 10.9. The maximum atomic E-state index is 12.0. The molecule has 1 fully saturated rings. The highest BCUT2D eigenvalue weighted by atomic mass is 32.2. The quantitative estimate of drug-likeness (QED) is 0.872. The Morgan fingerprint density at radius 1 is 1.26 bits per heavy atom. The number of piperidine rings is 1. The van der Waals surface area contributed by atoms with Crippen LogP contribution in [0.3, 0.4) is 0 Å². The molecule has 0 atom stereocenters. The number of carbonyl (C=O) groups is 1. The molecule has 23 heavy (non-hydrogen) atoms. The first kappa shape index (κ1) is 17.7. The van der Waals surface area contributed by atoms with Gasteiger partial charge in [0.15, 0.2) is 0 Å². The molecule has 1 amide bonds. The normalized spacial score (nSPS) is 17.2. The van der Waals surface area contributed by atoms with Crippen LogP contribution in [0.5, 0.6) is 0 Å². The lowest BCUT2D eigenvalue weighted by molar-refractivity contribution is 0.131. The summed E-state index contributed by atoms with van der Waals surface area (Å²) in [4.78, 5) is 11.8. The SMILES string of the molecule is CN(C)S(=O)(=O)N1CCC(NC(=O)OCc2ccccc2)CC1. The molecule has 128 valence electrons. The second-order valence-electron chi connectivity index (χ2n) is 5.67. The number of amides is 1. The van der Waals surface area contributed by atoms with Crippen LogP contribution in [0.25, 0.3) is 0 Å². The van der Waals surface area contributed by atoms with Crippen LogP contribution in [0.15, 0.2) is 30.3 Å². The zero-order chi connectivity index (χ0) is 16.9. The zero-order valence-corrected chi connectivity index (χ0v) is 14.3. The van der Waals surface area contributed by atoms with Gasteiger partial charge in [0, 0.05) is 33.2 Å². The van der Waals surface area contributed by atoms with E-state index >= 15 is 0 Å². The summed E-state index contributed by atoms with van der Waals surface area (Å²) in [5.41, 5.74) is 0.926. The van der Waals surface area contributed by atoms with E-state index in [2.05, 4.69) is 5.32 Å². The van der Waals surface area contributed by atoms with Gasteiger partial charge < -0.3 is 10.1 Å². The number of carbonyl (C=O) groups excluding carboxylic acids is 1. The van der Waals surface area contributed by atoms with E-state index in [1.807, 2.05) is 30.3 Å². The Bertz CT molecular complexity index is 611. The summed E-state index contributed by atoms with van der Waals surface area (Å²) in [5, 5.41) is 2.79. The van der Waals surface area contributed by atoms with Crippen molar-refractivity contribution < 1.29 is 17.9 Å². The smallest absolute Gasteiger partial charge is 0.407 e. The number of alkyl carbamates (subject to hydrolysis) is 1. The molecule has 1 aliphatic rings. The average molecular weight is 341 g/mol. The Hall–Kier alpha value is -1.64. The van der Waals surface area contributed by atoms with E-state index in [1.54, 1.807) is 0 Å². The first-order valence-corrected chi connectivity index (χ1v) is 8.94. The number of ether oxygens (including phenoxy) is 1. The molecular weight excluding hydrogens is 318 g/mol. The van der Waals surface area contributed by atoms with Gasteiger partial charge in [0.25, 0.3) is 10.2 Å². The maximum Gasteiger partial charge on any atom is 0.407 e. The van der Waals surface area contributed by atoms with Crippen LogP contribution in [0.1, 0.15) is 18.4 Å². The summed E-state index contributed by atoms with van der Waals surface area (Å²) < 4.78 is 31.8. The van der Waals surface area contributed by atoms with E-state index in [-0.39, 0.29) is 12.6 Å². The fourth-order valence-corrected chi connectivity index (χ4v) is 3.53. The van der Waals surface area contributed by atoms with Gasteiger partial charge in [0.05, 0.1) is 0 Å². The Labute approximate surface area is 137 Å². The van der Waals surface area contributed by atoms with Gasteiger partial charge in [0.2, 0.25) is 0 Å². The van der Waals surface area contributed by atoms with Crippen molar-refractivity contribution in [3.63, 3.8) is 0 Å². The van der Waals surface area contributed by atoms with Crippen LogP contribution in [-0.2, 0) is 21.6 Å². The molecule has 1 saturated heterocycles. The fourth-order valence-electron chi connectivity index (χ4n) is 2.39. The average Bonchev–Trinajstić information content (AvgIpc) is 2.54. The Kier molecular flexibility index (Phi) is 5.97. The standard InChI is InChI=1S/C15H23N3O4S/c1-17(2)23(20,21)18-10-8-14(9-11-18)16-15(19)22-12-13-6-4-3-5-7-13/h3-7,14H,8-12H2,1-2H3,(H,16,19). The lowest BCUT2D eigenvalue weighted by Crippen LogP contribution is -2.49. The van der Waals surface area contributed by atoms with E-state index in [9.17, 15) is 13.2 Å². The highest BCUT2D eigenvalue weighted by Crippen LogP contribution is 2.15. The van der Waals surface area contributed by atoms with Crippen molar-refractivity contribution in [1.82, 2.24) is 13.9 Å². The molecule has 1 aromatic carbocycles. The molecule has 0 spiro atoms. The van der Waals surface area contributed by atoms with Crippen molar-refractivity contribution in [2.45, 2.75) is 25.5 Å². The van der Waals surface area contributed by atoms with Crippen LogP contribution in [-0.4, -0.2) is 56.3 Å². The summed E-state index contributed by atoms with van der Waals surface area (Å²) >= 11 is 0. The molecule has 8 heteroatoms. The number of hydrogen-bond acceptors (Lipinski definition) is 4. The van der Waals surface area contributed by atoms with E-state index in [0.29, 0.717) is 25.9 Å². The van der Waals surface area contributed by atoms with Crippen LogP contribution in [0.2, 0.25) is 0 Å². The Morgan fingerprint density at radius 3 is 2.43 bits per heavy atom. The van der Waals surface area contributed by atoms with Crippen molar-refractivity contribution in [1.29, 1.82) is 0 Å². The minimum atomic E-state index is -3.38. The maximum absolute atomic E-state index is 12.0. The summed E-state index contributed by atoms with van der Waals surface area (Å²) in [6, 6.07) is 9.39.